The Morgan fingerprint density at radius 3 is 3.13 bits per heavy atom. The van der Waals surface area contributed by atoms with Crippen LogP contribution in [0.2, 0.25) is 0 Å². The minimum Gasteiger partial charge on any atom is -0.461 e. The highest BCUT2D eigenvalue weighted by atomic mass is 16.5. The van der Waals surface area contributed by atoms with Crippen LogP contribution >= 0.6 is 0 Å². The minimum absolute atomic E-state index is 0.231. The molecule has 1 aromatic heterocycles. The number of aryl methyl sites for hydroxylation is 1. The zero-order chi connectivity index (χ0) is 10.4. The van der Waals surface area contributed by atoms with Gasteiger partial charge >= 0.3 is 5.97 Å². The van der Waals surface area contributed by atoms with E-state index in [0.29, 0.717) is 12.3 Å². The van der Waals surface area contributed by atoms with Crippen LogP contribution in [0.4, 0.5) is 0 Å². The van der Waals surface area contributed by atoms with Crippen molar-refractivity contribution in [2.75, 3.05) is 6.61 Å². The van der Waals surface area contributed by atoms with Gasteiger partial charge < -0.3 is 9.72 Å². The van der Waals surface area contributed by atoms with Gasteiger partial charge in [0.15, 0.2) is 0 Å². The summed E-state index contributed by atoms with van der Waals surface area (Å²) in [6.45, 7) is 2.53. The zero-order valence-corrected chi connectivity index (χ0v) is 8.46. The summed E-state index contributed by atoms with van der Waals surface area (Å²) in [7, 11) is 0. The van der Waals surface area contributed by atoms with Crippen molar-refractivity contribution in [3.8, 4) is 0 Å². The summed E-state index contributed by atoms with van der Waals surface area (Å²) in [4.78, 5) is 14.6. The Balaban J connectivity index is 2.35. The van der Waals surface area contributed by atoms with E-state index in [2.05, 4.69) is 23.2 Å². The van der Waals surface area contributed by atoms with Crippen molar-refractivity contribution in [1.82, 2.24) is 4.98 Å². The van der Waals surface area contributed by atoms with Crippen molar-refractivity contribution in [3.63, 3.8) is 0 Å². The number of hydrogen-bond acceptors (Lipinski definition) is 2. The molecule has 3 heteroatoms. The molecule has 0 aliphatic carbocycles. The number of rotatable bonds is 0. The summed E-state index contributed by atoms with van der Waals surface area (Å²) in [5.41, 5.74) is 3.94. The first-order valence-corrected chi connectivity index (χ1v) is 5.04. The van der Waals surface area contributed by atoms with Gasteiger partial charge in [0, 0.05) is 17.3 Å². The number of esters is 1. The largest absolute Gasteiger partial charge is 0.461 e. The summed E-state index contributed by atoms with van der Waals surface area (Å²) < 4.78 is 4.99. The smallest absolute Gasteiger partial charge is 0.355 e. The number of H-pyrrole nitrogens is 1. The average molecular weight is 201 g/mol. The molecule has 0 fully saturated rings. The Morgan fingerprint density at radius 1 is 1.40 bits per heavy atom. The molecule has 76 valence electrons. The van der Waals surface area contributed by atoms with Crippen molar-refractivity contribution < 1.29 is 9.53 Å². The van der Waals surface area contributed by atoms with E-state index in [1.807, 2.05) is 6.92 Å². The van der Waals surface area contributed by atoms with Crippen molar-refractivity contribution in [2.45, 2.75) is 13.3 Å². The van der Waals surface area contributed by atoms with Crippen LogP contribution in [0.5, 0.6) is 0 Å². The molecule has 0 saturated heterocycles. The van der Waals surface area contributed by atoms with E-state index >= 15 is 0 Å². The lowest BCUT2D eigenvalue weighted by molar-refractivity contribution is 0.0475. The molecule has 1 aliphatic rings. The highest BCUT2D eigenvalue weighted by Crippen LogP contribution is 2.26. The predicted octanol–water partition coefficient (Wildman–Crippen LogP) is 2.19. The van der Waals surface area contributed by atoms with Gasteiger partial charge in [-0.25, -0.2) is 4.79 Å². The van der Waals surface area contributed by atoms with Crippen molar-refractivity contribution >= 4 is 16.9 Å². The monoisotopic (exact) mass is 201 g/mol. The van der Waals surface area contributed by atoms with E-state index < -0.39 is 0 Å². The maximum Gasteiger partial charge on any atom is 0.355 e. The van der Waals surface area contributed by atoms with Gasteiger partial charge in [-0.05, 0) is 24.1 Å². The SMILES string of the molecule is Cc1ccc2c3c([nH]c2c1)C(=O)OCC3. The fourth-order valence-corrected chi connectivity index (χ4v) is 2.12. The third-order valence-electron chi connectivity index (χ3n) is 2.85. The van der Waals surface area contributed by atoms with Gasteiger partial charge in [-0.3, -0.25) is 0 Å². The molecule has 0 amide bonds. The average Bonchev–Trinajstić information content (AvgIpc) is 2.57. The summed E-state index contributed by atoms with van der Waals surface area (Å²) in [5, 5.41) is 1.15. The molecule has 2 heterocycles. The van der Waals surface area contributed by atoms with E-state index in [1.54, 1.807) is 0 Å². The molecule has 15 heavy (non-hydrogen) atoms. The number of hydrogen-bond donors (Lipinski definition) is 1. The summed E-state index contributed by atoms with van der Waals surface area (Å²) >= 11 is 0. The van der Waals surface area contributed by atoms with Crippen LogP contribution < -0.4 is 0 Å². The molecule has 3 rings (SSSR count). The third kappa shape index (κ3) is 1.16. The molecule has 0 saturated carbocycles. The molecular formula is C12H11NO2. The number of nitrogens with one attached hydrogen (secondary N) is 1. The van der Waals surface area contributed by atoms with Crippen LogP contribution in [-0.4, -0.2) is 17.6 Å². The number of ether oxygens (including phenoxy) is 1. The van der Waals surface area contributed by atoms with Crippen molar-refractivity contribution in [3.05, 3.63) is 35.0 Å². The quantitative estimate of drug-likeness (QED) is 0.664. The number of aromatic nitrogens is 1. The lowest BCUT2D eigenvalue weighted by atomic mass is 10.1. The number of benzene rings is 1. The Bertz CT molecular complexity index is 554. The van der Waals surface area contributed by atoms with Crippen LogP contribution in [0.3, 0.4) is 0 Å². The van der Waals surface area contributed by atoms with Gasteiger partial charge in [-0.1, -0.05) is 12.1 Å². The second kappa shape index (κ2) is 2.86. The molecule has 0 atom stereocenters. The number of carbonyl (C=O) groups is 1. The molecule has 2 aromatic rings. The second-order valence-electron chi connectivity index (χ2n) is 3.91. The van der Waals surface area contributed by atoms with E-state index in [9.17, 15) is 4.79 Å². The molecule has 0 spiro atoms. The van der Waals surface area contributed by atoms with Gasteiger partial charge in [0.05, 0.1) is 6.61 Å². The Morgan fingerprint density at radius 2 is 2.27 bits per heavy atom. The van der Waals surface area contributed by atoms with Gasteiger partial charge in [-0.15, -0.1) is 0 Å². The van der Waals surface area contributed by atoms with Crippen molar-refractivity contribution in [1.29, 1.82) is 0 Å². The minimum atomic E-state index is -0.231. The predicted molar refractivity (Wildman–Crippen MR) is 57.0 cm³/mol. The molecule has 0 unspecified atom stereocenters. The summed E-state index contributed by atoms with van der Waals surface area (Å²) in [5.74, 6) is -0.231. The lowest BCUT2D eigenvalue weighted by Crippen LogP contribution is -2.16. The molecule has 0 radical (unpaired) electrons. The van der Waals surface area contributed by atoms with Gasteiger partial charge in [0.1, 0.15) is 5.69 Å². The third-order valence-corrected chi connectivity index (χ3v) is 2.85. The molecule has 1 aromatic carbocycles. The Labute approximate surface area is 87.1 Å². The lowest BCUT2D eigenvalue weighted by Gasteiger charge is -2.11. The first kappa shape index (κ1) is 8.53. The molecule has 0 bridgehead atoms. The molecule has 3 nitrogen and oxygen atoms in total. The van der Waals surface area contributed by atoms with E-state index in [0.717, 1.165) is 22.9 Å². The first-order valence-electron chi connectivity index (χ1n) is 5.04. The van der Waals surface area contributed by atoms with Gasteiger partial charge in [0.2, 0.25) is 0 Å². The number of fused-ring (bicyclic) bond motifs is 3. The normalized spacial score (nSPS) is 15.1. The van der Waals surface area contributed by atoms with Crippen LogP contribution in [0, 0.1) is 6.92 Å². The summed E-state index contributed by atoms with van der Waals surface area (Å²) in [6.07, 6.45) is 0.810. The Hall–Kier alpha value is -1.77. The molecule has 1 N–H and O–H groups in total. The number of carbonyl (C=O) groups excluding carboxylic acids is 1. The highest BCUT2D eigenvalue weighted by Gasteiger charge is 2.22. The highest BCUT2D eigenvalue weighted by molar-refractivity contribution is 5.99. The first-order chi connectivity index (χ1) is 7.25. The van der Waals surface area contributed by atoms with Crippen LogP contribution in [0.15, 0.2) is 18.2 Å². The number of cyclic esters (lactones) is 1. The zero-order valence-electron chi connectivity index (χ0n) is 8.46. The Kier molecular flexibility index (Phi) is 1.63. The maximum absolute atomic E-state index is 11.5. The van der Waals surface area contributed by atoms with E-state index in [1.165, 1.54) is 5.56 Å². The fourth-order valence-electron chi connectivity index (χ4n) is 2.12. The van der Waals surface area contributed by atoms with E-state index in [4.69, 9.17) is 4.74 Å². The standard InChI is InChI=1S/C12H11NO2/c1-7-2-3-8-9-4-5-15-12(14)11(9)13-10(8)6-7/h2-3,6,13H,4-5H2,1H3. The fraction of sp³-hybridized carbons (Fsp3) is 0.250. The van der Waals surface area contributed by atoms with Crippen LogP contribution in [0.1, 0.15) is 21.6 Å². The maximum atomic E-state index is 11.5. The number of aromatic amines is 1. The van der Waals surface area contributed by atoms with Crippen molar-refractivity contribution in [2.24, 2.45) is 0 Å². The second-order valence-corrected chi connectivity index (χ2v) is 3.91. The molecule has 1 aliphatic heterocycles. The van der Waals surface area contributed by atoms with Crippen LogP contribution in [-0.2, 0) is 11.2 Å². The van der Waals surface area contributed by atoms with Gasteiger partial charge in [0.25, 0.3) is 0 Å². The topological polar surface area (TPSA) is 42.1 Å². The van der Waals surface area contributed by atoms with E-state index in [-0.39, 0.29) is 5.97 Å². The van der Waals surface area contributed by atoms with Gasteiger partial charge in [-0.2, -0.15) is 0 Å². The molecular weight excluding hydrogens is 190 g/mol. The van der Waals surface area contributed by atoms with Crippen LogP contribution in [0.25, 0.3) is 10.9 Å². The summed E-state index contributed by atoms with van der Waals surface area (Å²) in [6, 6.07) is 6.19.